The topological polar surface area (TPSA) is 161 Å². The summed E-state index contributed by atoms with van der Waals surface area (Å²) in [5.74, 6) is -1.82. The van der Waals surface area contributed by atoms with Gasteiger partial charge in [-0.25, -0.2) is 14.8 Å². The second-order valence-corrected chi connectivity index (χ2v) is 11.3. The predicted molar refractivity (Wildman–Crippen MR) is 150 cm³/mol. The SMILES string of the molecule is CC(C)(C)N(C(=O)O)c1ccc(-c2nc(F)c([C@H]3CCc4nc(-c5cc(Cl)ccc5-n5cnnn5)cc(=O)n43)[nH]2)c(F)n1. The molecule has 1 aromatic carbocycles. The summed E-state index contributed by atoms with van der Waals surface area (Å²) in [5, 5.41) is 21.2. The van der Waals surface area contributed by atoms with Crippen molar-refractivity contribution in [2.75, 3.05) is 4.90 Å². The molecule has 0 bridgehead atoms. The largest absolute Gasteiger partial charge is 0.465 e. The van der Waals surface area contributed by atoms with E-state index in [2.05, 4.69) is 35.5 Å². The molecular formula is C27H23ClF2N10O3. The minimum atomic E-state index is -1.30. The molecule has 220 valence electrons. The fourth-order valence-electron chi connectivity index (χ4n) is 5.21. The number of carboxylic acid groups (broad SMARTS) is 1. The first-order valence-corrected chi connectivity index (χ1v) is 13.4. The smallest absolute Gasteiger partial charge is 0.413 e. The lowest BCUT2D eigenvalue weighted by atomic mass is 10.1. The highest BCUT2D eigenvalue weighted by Gasteiger charge is 2.33. The van der Waals surface area contributed by atoms with E-state index in [9.17, 15) is 14.7 Å². The summed E-state index contributed by atoms with van der Waals surface area (Å²) in [6, 6.07) is 8.15. The van der Waals surface area contributed by atoms with E-state index in [1.807, 2.05) is 0 Å². The van der Waals surface area contributed by atoms with E-state index in [1.165, 1.54) is 33.8 Å². The van der Waals surface area contributed by atoms with Crippen molar-refractivity contribution in [2.24, 2.45) is 0 Å². The van der Waals surface area contributed by atoms with Crippen LogP contribution in [0.25, 0.3) is 28.3 Å². The van der Waals surface area contributed by atoms with E-state index in [1.54, 1.807) is 39.0 Å². The number of fused-ring (bicyclic) bond motifs is 1. The van der Waals surface area contributed by atoms with E-state index >= 15 is 8.78 Å². The lowest BCUT2D eigenvalue weighted by Gasteiger charge is -2.32. The number of hydrogen-bond acceptors (Lipinski definition) is 8. The zero-order valence-electron chi connectivity index (χ0n) is 23.0. The second-order valence-electron chi connectivity index (χ2n) is 10.8. The number of benzene rings is 1. The van der Waals surface area contributed by atoms with Gasteiger partial charge in [-0.1, -0.05) is 11.6 Å². The number of amides is 1. The maximum absolute atomic E-state index is 15.2. The number of carbonyl (C=O) groups is 1. The molecule has 2 N–H and O–H groups in total. The third-order valence-electron chi connectivity index (χ3n) is 7.01. The number of imidazole rings is 1. The van der Waals surface area contributed by atoms with E-state index in [0.29, 0.717) is 40.6 Å². The van der Waals surface area contributed by atoms with Gasteiger partial charge in [-0.05, 0) is 68.0 Å². The van der Waals surface area contributed by atoms with Crippen LogP contribution in [-0.4, -0.2) is 61.4 Å². The summed E-state index contributed by atoms with van der Waals surface area (Å²) in [7, 11) is 0. The van der Waals surface area contributed by atoms with Crippen molar-refractivity contribution < 1.29 is 18.7 Å². The van der Waals surface area contributed by atoms with Crippen LogP contribution in [0, 0.1) is 11.9 Å². The molecule has 16 heteroatoms. The number of tetrazole rings is 1. The molecule has 5 aromatic rings. The van der Waals surface area contributed by atoms with Crippen molar-refractivity contribution in [3.05, 3.63) is 81.5 Å². The number of anilines is 1. The molecule has 1 atom stereocenters. The highest BCUT2D eigenvalue weighted by Crippen LogP contribution is 2.34. The molecule has 1 aliphatic heterocycles. The fourth-order valence-corrected chi connectivity index (χ4v) is 5.38. The van der Waals surface area contributed by atoms with Gasteiger partial charge in [0.2, 0.25) is 11.9 Å². The van der Waals surface area contributed by atoms with Crippen molar-refractivity contribution in [1.29, 1.82) is 0 Å². The molecule has 0 spiro atoms. The van der Waals surface area contributed by atoms with Crippen molar-refractivity contribution in [2.45, 2.75) is 45.2 Å². The number of hydrogen-bond donors (Lipinski definition) is 2. The van der Waals surface area contributed by atoms with Crippen LogP contribution in [0.4, 0.5) is 19.4 Å². The third-order valence-corrected chi connectivity index (χ3v) is 7.24. The van der Waals surface area contributed by atoms with E-state index in [4.69, 9.17) is 11.6 Å². The summed E-state index contributed by atoms with van der Waals surface area (Å²) < 4.78 is 33.2. The average molecular weight is 609 g/mol. The van der Waals surface area contributed by atoms with Gasteiger partial charge >= 0.3 is 6.09 Å². The quantitative estimate of drug-likeness (QED) is 0.275. The van der Waals surface area contributed by atoms with Gasteiger partial charge in [-0.3, -0.25) is 14.3 Å². The van der Waals surface area contributed by atoms with Crippen LogP contribution in [-0.2, 0) is 6.42 Å². The molecule has 0 saturated heterocycles. The minimum Gasteiger partial charge on any atom is -0.465 e. The molecule has 13 nitrogen and oxygen atoms in total. The van der Waals surface area contributed by atoms with Crippen molar-refractivity contribution in [1.82, 2.24) is 44.7 Å². The Kier molecular flexibility index (Phi) is 6.76. The normalized spacial score (nSPS) is 14.6. The Labute approximate surface area is 246 Å². The highest BCUT2D eigenvalue weighted by molar-refractivity contribution is 6.31. The first-order chi connectivity index (χ1) is 20.4. The van der Waals surface area contributed by atoms with Gasteiger partial charge in [-0.2, -0.15) is 18.4 Å². The molecule has 0 unspecified atom stereocenters. The van der Waals surface area contributed by atoms with Crippen LogP contribution in [0.15, 0.2) is 47.5 Å². The maximum Gasteiger partial charge on any atom is 0.413 e. The van der Waals surface area contributed by atoms with Gasteiger partial charge in [0.15, 0.2) is 0 Å². The third kappa shape index (κ3) is 5.01. The van der Waals surface area contributed by atoms with E-state index < -0.39 is 35.1 Å². The van der Waals surface area contributed by atoms with Gasteiger partial charge < -0.3 is 10.1 Å². The fraction of sp³-hybridized carbons (Fsp3) is 0.259. The Morgan fingerprint density at radius 1 is 1.09 bits per heavy atom. The Hall–Kier alpha value is -5.05. The molecule has 6 rings (SSSR count). The molecule has 0 aliphatic carbocycles. The number of pyridine rings is 1. The van der Waals surface area contributed by atoms with E-state index in [-0.39, 0.29) is 22.9 Å². The summed E-state index contributed by atoms with van der Waals surface area (Å²) in [4.78, 5) is 41.3. The second kappa shape index (κ2) is 10.3. The van der Waals surface area contributed by atoms with Crippen molar-refractivity contribution in [3.8, 4) is 28.3 Å². The number of H-pyrrole nitrogens is 1. The Morgan fingerprint density at radius 2 is 1.88 bits per heavy atom. The summed E-state index contributed by atoms with van der Waals surface area (Å²) in [6.45, 7) is 4.93. The number of rotatable bonds is 5. The van der Waals surface area contributed by atoms with Crippen LogP contribution in [0.3, 0.4) is 0 Å². The maximum atomic E-state index is 15.2. The molecule has 1 aliphatic rings. The zero-order valence-corrected chi connectivity index (χ0v) is 23.7. The van der Waals surface area contributed by atoms with Crippen LogP contribution < -0.4 is 10.5 Å². The standard InChI is InChI=1S/C27H23ClF2N10O3/c1-27(2,3)40(26(42)43)20-8-5-14(23(29)33-20)25-34-22(24(30)35-25)18-7-9-19-32-16(11-21(41)39(18)19)15-10-13(28)4-6-17(15)38-12-31-36-37-38/h4-6,8,10-12,18H,7,9H2,1-3H3,(H,34,35)(H,42,43)/t18-/m1/s1. The van der Waals surface area contributed by atoms with Crippen LogP contribution >= 0.6 is 11.6 Å². The summed E-state index contributed by atoms with van der Waals surface area (Å²) >= 11 is 6.24. The number of aromatic nitrogens is 9. The van der Waals surface area contributed by atoms with Gasteiger partial charge in [0.25, 0.3) is 5.56 Å². The molecule has 5 heterocycles. The van der Waals surface area contributed by atoms with Crippen molar-refractivity contribution >= 4 is 23.5 Å². The Bertz CT molecular complexity index is 1930. The van der Waals surface area contributed by atoms with Crippen molar-refractivity contribution in [3.63, 3.8) is 0 Å². The van der Waals surface area contributed by atoms with E-state index in [0.717, 1.165) is 4.90 Å². The molecule has 1 amide bonds. The molecule has 0 radical (unpaired) electrons. The molecule has 43 heavy (non-hydrogen) atoms. The Morgan fingerprint density at radius 3 is 2.56 bits per heavy atom. The van der Waals surface area contributed by atoms with Gasteiger partial charge in [0.05, 0.1) is 28.7 Å². The van der Waals surface area contributed by atoms with Gasteiger partial charge in [-0.15, -0.1) is 5.10 Å². The van der Waals surface area contributed by atoms with Gasteiger partial charge in [0.1, 0.15) is 23.8 Å². The number of halogens is 3. The zero-order chi connectivity index (χ0) is 30.6. The summed E-state index contributed by atoms with van der Waals surface area (Å²) in [6.07, 6.45) is 0.784. The molecular weight excluding hydrogens is 586 g/mol. The lowest BCUT2D eigenvalue weighted by molar-refractivity contribution is 0.195. The molecule has 4 aromatic heterocycles. The highest BCUT2D eigenvalue weighted by atomic mass is 35.5. The number of aryl methyl sites for hydroxylation is 1. The minimum absolute atomic E-state index is 0.0205. The summed E-state index contributed by atoms with van der Waals surface area (Å²) in [5.41, 5.74) is -0.0892. The first-order valence-electron chi connectivity index (χ1n) is 13.0. The first kappa shape index (κ1) is 28.1. The Balaban J connectivity index is 1.35. The number of nitrogens with one attached hydrogen (secondary N) is 1. The van der Waals surface area contributed by atoms with Crippen LogP contribution in [0.2, 0.25) is 5.02 Å². The van der Waals surface area contributed by atoms with Crippen LogP contribution in [0.1, 0.15) is 44.8 Å². The predicted octanol–water partition coefficient (Wildman–Crippen LogP) is 4.42. The molecule has 0 fully saturated rings. The molecule has 0 saturated carbocycles. The lowest BCUT2D eigenvalue weighted by Crippen LogP contribution is -2.45. The van der Waals surface area contributed by atoms with Gasteiger partial charge in [0, 0.05) is 28.6 Å². The average Bonchev–Trinajstić information content (AvgIpc) is 3.68. The monoisotopic (exact) mass is 608 g/mol. The number of nitrogens with zero attached hydrogens (tertiary/aromatic N) is 9. The van der Waals surface area contributed by atoms with Crippen LogP contribution in [0.5, 0.6) is 0 Å². The number of aromatic amines is 1.